The van der Waals surface area contributed by atoms with Crippen molar-refractivity contribution in [1.29, 1.82) is 0 Å². The van der Waals surface area contributed by atoms with Crippen LogP contribution in [0.2, 0.25) is 0 Å². The Bertz CT molecular complexity index is 345. The molecule has 1 heteroatoms. The van der Waals surface area contributed by atoms with E-state index in [0.717, 1.165) is 11.3 Å². The van der Waals surface area contributed by atoms with E-state index in [-0.39, 0.29) is 5.41 Å². The zero-order chi connectivity index (χ0) is 11.5. The molecule has 1 aromatic carbocycles. The first-order valence-corrected chi connectivity index (χ1v) is 5.38. The lowest BCUT2D eigenvalue weighted by Crippen LogP contribution is -2.13. The van der Waals surface area contributed by atoms with Gasteiger partial charge in [-0.3, -0.25) is 0 Å². The molecule has 0 fully saturated rings. The van der Waals surface area contributed by atoms with E-state index in [1.54, 1.807) is 0 Å². The summed E-state index contributed by atoms with van der Waals surface area (Å²) >= 11 is 0. The van der Waals surface area contributed by atoms with E-state index in [0.29, 0.717) is 6.61 Å². The fourth-order valence-corrected chi connectivity index (χ4v) is 1.65. The van der Waals surface area contributed by atoms with Gasteiger partial charge in [-0.2, -0.15) is 0 Å². The molecule has 15 heavy (non-hydrogen) atoms. The first kappa shape index (κ1) is 11.8. The van der Waals surface area contributed by atoms with Crippen molar-refractivity contribution in [1.82, 2.24) is 0 Å². The minimum Gasteiger partial charge on any atom is -0.494 e. The molecule has 0 amide bonds. The van der Waals surface area contributed by atoms with E-state index < -0.39 is 0 Å². The maximum Gasteiger partial charge on any atom is 0.119 e. The van der Waals surface area contributed by atoms with Crippen molar-refractivity contribution in [3.05, 3.63) is 35.9 Å². The molecule has 1 rings (SSSR count). The van der Waals surface area contributed by atoms with Crippen LogP contribution in [0.15, 0.2) is 24.8 Å². The van der Waals surface area contributed by atoms with Gasteiger partial charge in [0.2, 0.25) is 0 Å². The average Bonchev–Trinajstić information content (AvgIpc) is 2.16. The summed E-state index contributed by atoms with van der Waals surface area (Å²) in [6, 6.07) is 6.20. The quantitative estimate of drug-likeness (QED) is 0.722. The van der Waals surface area contributed by atoms with Crippen molar-refractivity contribution in [2.24, 2.45) is 0 Å². The van der Waals surface area contributed by atoms with Crippen LogP contribution in [0.25, 0.3) is 6.08 Å². The fourth-order valence-electron chi connectivity index (χ4n) is 1.65. The van der Waals surface area contributed by atoms with Gasteiger partial charge in [0.1, 0.15) is 5.75 Å². The lowest BCUT2D eigenvalue weighted by molar-refractivity contribution is 0.340. The van der Waals surface area contributed by atoms with Gasteiger partial charge in [0.05, 0.1) is 6.61 Å². The van der Waals surface area contributed by atoms with Crippen LogP contribution in [0.1, 0.15) is 38.8 Å². The van der Waals surface area contributed by atoms with Crippen molar-refractivity contribution in [2.45, 2.75) is 33.1 Å². The maximum atomic E-state index is 5.47. The summed E-state index contributed by atoms with van der Waals surface area (Å²) in [5.41, 5.74) is 2.61. The highest BCUT2D eigenvalue weighted by Gasteiger charge is 2.16. The van der Waals surface area contributed by atoms with Crippen LogP contribution in [0.3, 0.4) is 0 Å². The number of ether oxygens (including phenoxy) is 1. The van der Waals surface area contributed by atoms with Gasteiger partial charge in [-0.25, -0.2) is 0 Å². The molecule has 0 aliphatic carbocycles. The lowest BCUT2D eigenvalue weighted by Gasteiger charge is -2.22. The number of hydrogen-bond donors (Lipinski definition) is 0. The minimum absolute atomic E-state index is 0.147. The second-order valence-electron chi connectivity index (χ2n) is 4.64. The van der Waals surface area contributed by atoms with E-state index in [9.17, 15) is 0 Å². The normalized spacial score (nSPS) is 11.2. The molecule has 0 bridgehead atoms. The Kier molecular flexibility index (Phi) is 3.57. The minimum atomic E-state index is 0.147. The second-order valence-corrected chi connectivity index (χ2v) is 4.64. The molecule has 82 valence electrons. The Labute approximate surface area is 92.8 Å². The second kappa shape index (κ2) is 4.52. The van der Waals surface area contributed by atoms with Gasteiger partial charge in [0.25, 0.3) is 0 Å². The molecular weight excluding hydrogens is 184 g/mol. The summed E-state index contributed by atoms with van der Waals surface area (Å²) in [5.74, 6) is 0.917. The topological polar surface area (TPSA) is 9.23 Å². The van der Waals surface area contributed by atoms with Crippen LogP contribution in [0, 0.1) is 0 Å². The largest absolute Gasteiger partial charge is 0.494 e. The highest BCUT2D eigenvalue weighted by molar-refractivity contribution is 5.56. The van der Waals surface area contributed by atoms with Crippen LogP contribution in [-0.4, -0.2) is 6.61 Å². The third-order valence-electron chi connectivity index (χ3n) is 2.36. The molecule has 0 aliphatic rings. The standard InChI is InChI=1S/C14H20O/c1-6-11-10-12(15-7-2)8-9-13(11)14(3,4)5/h6,8-10H,1,7H2,2-5H3. The van der Waals surface area contributed by atoms with Crippen molar-refractivity contribution in [3.8, 4) is 5.75 Å². The van der Waals surface area contributed by atoms with Gasteiger partial charge >= 0.3 is 0 Å². The zero-order valence-corrected chi connectivity index (χ0v) is 10.1. The molecule has 0 radical (unpaired) electrons. The van der Waals surface area contributed by atoms with Crippen molar-refractivity contribution in [3.63, 3.8) is 0 Å². The highest BCUT2D eigenvalue weighted by Crippen LogP contribution is 2.29. The van der Waals surface area contributed by atoms with E-state index in [1.165, 1.54) is 5.56 Å². The molecule has 0 unspecified atom stereocenters. The maximum absolute atomic E-state index is 5.47. The summed E-state index contributed by atoms with van der Waals surface area (Å²) in [6.07, 6.45) is 1.89. The Morgan fingerprint density at radius 3 is 2.47 bits per heavy atom. The average molecular weight is 204 g/mol. The van der Waals surface area contributed by atoms with Crippen molar-refractivity contribution in [2.75, 3.05) is 6.61 Å². The molecule has 1 aromatic rings. The number of benzene rings is 1. The molecule has 0 aromatic heterocycles. The van der Waals surface area contributed by atoms with Gasteiger partial charge in [0.15, 0.2) is 0 Å². The summed E-state index contributed by atoms with van der Waals surface area (Å²) in [4.78, 5) is 0. The summed E-state index contributed by atoms with van der Waals surface area (Å²) in [6.45, 7) is 13.2. The molecular formula is C14H20O. The Balaban J connectivity index is 3.15. The van der Waals surface area contributed by atoms with Gasteiger partial charge in [0, 0.05) is 0 Å². The van der Waals surface area contributed by atoms with E-state index in [2.05, 4.69) is 39.5 Å². The Morgan fingerprint density at radius 2 is 2.00 bits per heavy atom. The Morgan fingerprint density at radius 1 is 1.33 bits per heavy atom. The lowest BCUT2D eigenvalue weighted by atomic mass is 9.84. The summed E-state index contributed by atoms with van der Waals surface area (Å²) in [7, 11) is 0. The molecule has 0 aliphatic heterocycles. The summed E-state index contributed by atoms with van der Waals surface area (Å²) < 4.78 is 5.47. The molecule has 0 spiro atoms. The van der Waals surface area contributed by atoms with Crippen molar-refractivity contribution >= 4 is 6.08 Å². The molecule has 0 heterocycles. The van der Waals surface area contributed by atoms with E-state index in [1.807, 2.05) is 19.1 Å². The molecule has 0 saturated heterocycles. The SMILES string of the molecule is C=Cc1cc(OCC)ccc1C(C)(C)C. The molecule has 0 atom stereocenters. The van der Waals surface area contributed by atoms with Gasteiger partial charge < -0.3 is 4.74 Å². The van der Waals surface area contributed by atoms with Crippen molar-refractivity contribution < 1.29 is 4.74 Å². The van der Waals surface area contributed by atoms with Crippen LogP contribution < -0.4 is 4.74 Å². The molecule has 0 saturated carbocycles. The molecule has 0 N–H and O–H groups in total. The number of hydrogen-bond acceptors (Lipinski definition) is 1. The van der Waals surface area contributed by atoms with E-state index >= 15 is 0 Å². The highest BCUT2D eigenvalue weighted by atomic mass is 16.5. The van der Waals surface area contributed by atoms with E-state index in [4.69, 9.17) is 4.74 Å². The van der Waals surface area contributed by atoms with Crippen LogP contribution in [0.4, 0.5) is 0 Å². The fraction of sp³-hybridized carbons (Fsp3) is 0.429. The predicted molar refractivity (Wildman–Crippen MR) is 66.4 cm³/mol. The van der Waals surface area contributed by atoms with Crippen LogP contribution >= 0.6 is 0 Å². The molecule has 1 nitrogen and oxygen atoms in total. The first-order valence-electron chi connectivity index (χ1n) is 5.38. The third kappa shape index (κ3) is 2.85. The van der Waals surface area contributed by atoms with Crippen LogP contribution in [0.5, 0.6) is 5.75 Å². The summed E-state index contributed by atoms with van der Waals surface area (Å²) in [5, 5.41) is 0. The smallest absolute Gasteiger partial charge is 0.119 e. The first-order chi connectivity index (χ1) is 6.99. The van der Waals surface area contributed by atoms with Gasteiger partial charge in [-0.15, -0.1) is 0 Å². The van der Waals surface area contributed by atoms with Gasteiger partial charge in [-0.1, -0.05) is 39.5 Å². The number of rotatable bonds is 3. The van der Waals surface area contributed by atoms with Crippen LogP contribution in [-0.2, 0) is 5.41 Å². The predicted octanol–water partition coefficient (Wildman–Crippen LogP) is 4.03. The Hall–Kier alpha value is -1.24. The third-order valence-corrected chi connectivity index (χ3v) is 2.36. The monoisotopic (exact) mass is 204 g/mol. The van der Waals surface area contributed by atoms with Gasteiger partial charge in [-0.05, 0) is 35.6 Å². The zero-order valence-electron chi connectivity index (χ0n) is 10.1.